The second kappa shape index (κ2) is 5.66. The number of para-hydroxylation sites is 1. The van der Waals surface area contributed by atoms with Crippen LogP contribution in [0.1, 0.15) is 15.9 Å². The summed E-state index contributed by atoms with van der Waals surface area (Å²) in [5, 5.41) is 3.46. The number of nitrogens with one attached hydrogen (secondary N) is 2. The van der Waals surface area contributed by atoms with Gasteiger partial charge in [-0.15, -0.1) is 0 Å². The summed E-state index contributed by atoms with van der Waals surface area (Å²) in [6, 6.07) is 10.6. The van der Waals surface area contributed by atoms with Crippen molar-refractivity contribution in [3.8, 4) is 0 Å². The van der Waals surface area contributed by atoms with Crippen molar-refractivity contribution in [2.24, 2.45) is 0 Å². The van der Waals surface area contributed by atoms with Crippen molar-refractivity contribution in [3.05, 3.63) is 70.3 Å². The molecule has 2 N–H and O–H groups in total. The van der Waals surface area contributed by atoms with E-state index in [1.165, 1.54) is 0 Å². The second-order valence-electron chi connectivity index (χ2n) is 4.71. The molecule has 0 atom stereocenters. The standard InChI is InChI=1S/C16H14N2O3/c19-15(18-8-6-11-5-7-17-10-11)13-9-12-3-1-2-4-14(12)21-16(13)20/h1-5,7,9-10,17H,6,8H2,(H,18,19). The first kappa shape index (κ1) is 13.2. The predicted octanol–water partition coefficient (Wildman–Crippen LogP) is 2.09. The average molecular weight is 282 g/mol. The molecule has 1 aromatic carbocycles. The molecule has 0 aliphatic heterocycles. The van der Waals surface area contributed by atoms with Crippen LogP contribution in [0.4, 0.5) is 0 Å². The van der Waals surface area contributed by atoms with E-state index in [2.05, 4.69) is 10.3 Å². The minimum absolute atomic E-state index is 0.0303. The highest BCUT2D eigenvalue weighted by atomic mass is 16.4. The number of hydrogen-bond acceptors (Lipinski definition) is 3. The van der Waals surface area contributed by atoms with Crippen LogP contribution in [0.3, 0.4) is 0 Å². The lowest BCUT2D eigenvalue weighted by Crippen LogP contribution is -2.29. The van der Waals surface area contributed by atoms with E-state index in [4.69, 9.17) is 4.42 Å². The van der Waals surface area contributed by atoms with Gasteiger partial charge in [0.1, 0.15) is 11.1 Å². The van der Waals surface area contributed by atoms with Crippen molar-refractivity contribution in [1.29, 1.82) is 0 Å². The molecule has 0 saturated heterocycles. The molecule has 106 valence electrons. The minimum atomic E-state index is -0.618. The van der Waals surface area contributed by atoms with Crippen molar-refractivity contribution in [1.82, 2.24) is 10.3 Å². The molecule has 0 bridgehead atoms. The molecule has 0 fully saturated rings. The van der Waals surface area contributed by atoms with Crippen molar-refractivity contribution in [2.45, 2.75) is 6.42 Å². The molecule has 2 heterocycles. The number of carbonyl (C=O) groups excluding carboxylic acids is 1. The van der Waals surface area contributed by atoms with E-state index in [0.717, 1.165) is 10.9 Å². The van der Waals surface area contributed by atoms with Crippen LogP contribution >= 0.6 is 0 Å². The summed E-state index contributed by atoms with van der Waals surface area (Å²) in [6.07, 6.45) is 4.40. The van der Waals surface area contributed by atoms with Crippen LogP contribution < -0.4 is 10.9 Å². The maximum atomic E-state index is 12.1. The second-order valence-corrected chi connectivity index (χ2v) is 4.71. The molecule has 0 aliphatic carbocycles. The highest BCUT2D eigenvalue weighted by molar-refractivity contribution is 5.96. The lowest BCUT2D eigenvalue weighted by Gasteiger charge is -2.04. The van der Waals surface area contributed by atoms with Gasteiger partial charge in [-0.1, -0.05) is 18.2 Å². The Bertz CT molecular complexity index is 819. The highest BCUT2D eigenvalue weighted by Gasteiger charge is 2.12. The van der Waals surface area contributed by atoms with Gasteiger partial charge in [0.05, 0.1) is 0 Å². The summed E-state index contributed by atoms with van der Waals surface area (Å²) in [4.78, 5) is 26.8. The van der Waals surface area contributed by atoms with Gasteiger partial charge in [0.2, 0.25) is 0 Å². The number of aromatic nitrogens is 1. The summed E-state index contributed by atoms with van der Waals surface area (Å²) in [7, 11) is 0. The summed E-state index contributed by atoms with van der Waals surface area (Å²) in [5.41, 5.74) is 0.989. The van der Waals surface area contributed by atoms with Crippen molar-refractivity contribution < 1.29 is 9.21 Å². The Morgan fingerprint density at radius 3 is 2.90 bits per heavy atom. The molecule has 5 heteroatoms. The first-order valence-corrected chi connectivity index (χ1v) is 6.67. The van der Waals surface area contributed by atoms with E-state index >= 15 is 0 Å². The molecule has 2 aromatic heterocycles. The highest BCUT2D eigenvalue weighted by Crippen LogP contribution is 2.12. The zero-order valence-corrected chi connectivity index (χ0v) is 11.3. The van der Waals surface area contributed by atoms with Crippen LogP contribution in [0.2, 0.25) is 0 Å². The van der Waals surface area contributed by atoms with Gasteiger partial charge in [0, 0.05) is 24.3 Å². The van der Waals surface area contributed by atoms with Crippen LogP contribution in [0.25, 0.3) is 11.0 Å². The maximum Gasteiger partial charge on any atom is 0.349 e. The topological polar surface area (TPSA) is 75.1 Å². The van der Waals surface area contributed by atoms with E-state index in [1.807, 2.05) is 24.5 Å². The normalized spacial score (nSPS) is 10.7. The number of aromatic amines is 1. The first-order chi connectivity index (χ1) is 10.2. The molecule has 0 aliphatic rings. The number of fused-ring (bicyclic) bond motifs is 1. The van der Waals surface area contributed by atoms with Gasteiger partial charge in [-0.25, -0.2) is 4.79 Å². The first-order valence-electron chi connectivity index (χ1n) is 6.67. The van der Waals surface area contributed by atoms with Crippen molar-refractivity contribution >= 4 is 16.9 Å². The van der Waals surface area contributed by atoms with Gasteiger partial charge in [-0.2, -0.15) is 0 Å². The van der Waals surface area contributed by atoms with Crippen LogP contribution in [0, 0.1) is 0 Å². The fourth-order valence-corrected chi connectivity index (χ4v) is 2.15. The van der Waals surface area contributed by atoms with E-state index in [9.17, 15) is 9.59 Å². The Labute approximate surface area is 120 Å². The van der Waals surface area contributed by atoms with Crippen LogP contribution in [0.15, 0.2) is 58.0 Å². The van der Waals surface area contributed by atoms with Crippen molar-refractivity contribution in [3.63, 3.8) is 0 Å². The summed E-state index contributed by atoms with van der Waals surface area (Å²) < 4.78 is 5.14. The molecular formula is C16H14N2O3. The smallest absolute Gasteiger partial charge is 0.349 e. The number of carbonyl (C=O) groups is 1. The number of amides is 1. The molecule has 0 unspecified atom stereocenters. The van der Waals surface area contributed by atoms with E-state index in [1.54, 1.807) is 24.3 Å². The lowest BCUT2D eigenvalue weighted by molar-refractivity contribution is 0.0950. The van der Waals surface area contributed by atoms with Gasteiger partial charge in [-0.05, 0) is 30.2 Å². The Balaban J connectivity index is 1.75. The van der Waals surface area contributed by atoms with Crippen LogP contribution in [-0.4, -0.2) is 17.4 Å². The molecular weight excluding hydrogens is 268 g/mol. The molecule has 3 aromatic rings. The van der Waals surface area contributed by atoms with Crippen LogP contribution in [-0.2, 0) is 6.42 Å². The lowest BCUT2D eigenvalue weighted by atomic mass is 10.1. The summed E-state index contributed by atoms with van der Waals surface area (Å²) >= 11 is 0. The Hall–Kier alpha value is -2.82. The van der Waals surface area contributed by atoms with E-state index in [0.29, 0.717) is 18.5 Å². The molecule has 1 amide bonds. The van der Waals surface area contributed by atoms with Gasteiger partial charge in [0.25, 0.3) is 5.91 Å². The maximum absolute atomic E-state index is 12.1. The number of H-pyrrole nitrogens is 1. The molecule has 21 heavy (non-hydrogen) atoms. The molecule has 0 saturated carbocycles. The number of benzene rings is 1. The summed E-state index contributed by atoms with van der Waals surface area (Å²) in [5.74, 6) is -0.412. The van der Waals surface area contributed by atoms with Crippen LogP contribution in [0.5, 0.6) is 0 Å². The Morgan fingerprint density at radius 1 is 1.24 bits per heavy atom. The number of rotatable bonds is 4. The molecule has 0 radical (unpaired) electrons. The Kier molecular flexibility index (Phi) is 3.55. The quantitative estimate of drug-likeness (QED) is 0.719. The zero-order valence-electron chi connectivity index (χ0n) is 11.3. The molecule has 5 nitrogen and oxygen atoms in total. The SMILES string of the molecule is O=C(NCCc1cc[nH]c1)c1cc2ccccc2oc1=O. The number of hydrogen-bond donors (Lipinski definition) is 2. The third-order valence-corrected chi connectivity index (χ3v) is 3.25. The fraction of sp³-hybridized carbons (Fsp3) is 0.125. The van der Waals surface area contributed by atoms with Crippen molar-refractivity contribution in [2.75, 3.05) is 6.54 Å². The third-order valence-electron chi connectivity index (χ3n) is 3.25. The monoisotopic (exact) mass is 282 g/mol. The van der Waals surface area contributed by atoms with Gasteiger partial charge < -0.3 is 14.7 Å². The average Bonchev–Trinajstić information content (AvgIpc) is 2.99. The molecule has 3 rings (SSSR count). The summed E-state index contributed by atoms with van der Waals surface area (Å²) in [6.45, 7) is 0.461. The molecule has 0 spiro atoms. The zero-order chi connectivity index (χ0) is 14.7. The van der Waals surface area contributed by atoms with E-state index in [-0.39, 0.29) is 5.56 Å². The third kappa shape index (κ3) is 2.86. The van der Waals surface area contributed by atoms with E-state index < -0.39 is 11.5 Å². The largest absolute Gasteiger partial charge is 0.422 e. The fourth-order valence-electron chi connectivity index (χ4n) is 2.15. The van der Waals surface area contributed by atoms with Gasteiger partial charge in [0.15, 0.2) is 0 Å². The van der Waals surface area contributed by atoms with Gasteiger partial charge >= 0.3 is 5.63 Å². The predicted molar refractivity (Wildman–Crippen MR) is 79.3 cm³/mol. The Morgan fingerprint density at radius 2 is 2.10 bits per heavy atom. The van der Waals surface area contributed by atoms with Gasteiger partial charge in [-0.3, -0.25) is 4.79 Å². The minimum Gasteiger partial charge on any atom is -0.422 e.